The number of hydrogen-bond acceptors (Lipinski definition) is 5. The van der Waals surface area contributed by atoms with E-state index in [0.29, 0.717) is 6.04 Å². The average molecular weight is 373 g/mol. The third kappa shape index (κ3) is 3.97. The van der Waals surface area contributed by atoms with Crippen LogP contribution in [-0.4, -0.2) is 53.3 Å². The molecule has 6 nitrogen and oxygen atoms in total. The molecule has 4 rings (SSSR count). The number of anilines is 1. The standard InChI is InChI=1S/C21H32N4O2/c1-21(2,3)27-20(26)25-15(9-8-14-6-4-10-23-19(14)25)7-5-11-24-12-16-17(13-24)18(16)22/h4,6,10,15-18H,5,7-9,11-13,22H2,1-3H3/t15?,16-,17+,18?. The van der Waals surface area contributed by atoms with Crippen molar-refractivity contribution in [2.24, 2.45) is 17.6 Å². The summed E-state index contributed by atoms with van der Waals surface area (Å²) in [5.74, 6) is 2.24. The first-order valence-electron chi connectivity index (χ1n) is 10.3. The molecule has 1 saturated heterocycles. The number of amides is 1. The lowest BCUT2D eigenvalue weighted by molar-refractivity contribution is 0.0556. The monoisotopic (exact) mass is 372 g/mol. The highest BCUT2D eigenvalue weighted by Gasteiger charge is 2.53. The maximum Gasteiger partial charge on any atom is 0.416 e. The van der Waals surface area contributed by atoms with Gasteiger partial charge < -0.3 is 15.4 Å². The van der Waals surface area contributed by atoms with Crippen LogP contribution in [0.15, 0.2) is 18.3 Å². The molecule has 0 spiro atoms. The molecule has 2 N–H and O–H groups in total. The van der Waals surface area contributed by atoms with Crippen molar-refractivity contribution in [2.45, 2.75) is 64.1 Å². The fourth-order valence-electron chi connectivity index (χ4n) is 4.68. The molecule has 1 saturated carbocycles. The lowest BCUT2D eigenvalue weighted by atomic mass is 9.95. The SMILES string of the molecule is CC(C)(C)OC(=O)N1c2ncccc2CCC1CCCN1C[C@@H]2C(N)[C@@H]2C1. The summed E-state index contributed by atoms with van der Waals surface area (Å²) in [7, 11) is 0. The highest BCUT2D eigenvalue weighted by molar-refractivity contribution is 5.88. The van der Waals surface area contributed by atoms with Crippen LogP contribution in [0, 0.1) is 11.8 Å². The number of pyridine rings is 1. The number of fused-ring (bicyclic) bond motifs is 2. The second-order valence-corrected chi connectivity index (χ2v) is 9.34. The number of likely N-dealkylation sites (tertiary alicyclic amines) is 1. The summed E-state index contributed by atoms with van der Waals surface area (Å²) in [5, 5.41) is 0. The van der Waals surface area contributed by atoms with Crippen molar-refractivity contribution in [1.82, 2.24) is 9.88 Å². The van der Waals surface area contributed by atoms with Gasteiger partial charge in [0, 0.05) is 31.4 Å². The van der Waals surface area contributed by atoms with Gasteiger partial charge in [0.15, 0.2) is 0 Å². The highest BCUT2D eigenvalue weighted by atomic mass is 16.6. The lowest BCUT2D eigenvalue weighted by Gasteiger charge is -2.37. The topological polar surface area (TPSA) is 71.7 Å². The zero-order valence-corrected chi connectivity index (χ0v) is 16.7. The number of rotatable bonds is 4. The van der Waals surface area contributed by atoms with E-state index in [0.717, 1.165) is 68.5 Å². The molecule has 1 aromatic rings. The van der Waals surface area contributed by atoms with Crippen molar-refractivity contribution >= 4 is 11.9 Å². The number of piperidine rings is 1. The predicted octanol–water partition coefficient (Wildman–Crippen LogP) is 2.81. The lowest BCUT2D eigenvalue weighted by Crippen LogP contribution is -2.47. The van der Waals surface area contributed by atoms with E-state index in [1.165, 1.54) is 0 Å². The molecular weight excluding hydrogens is 340 g/mol. The van der Waals surface area contributed by atoms with Crippen LogP contribution in [-0.2, 0) is 11.2 Å². The molecule has 3 heterocycles. The van der Waals surface area contributed by atoms with E-state index < -0.39 is 5.60 Å². The minimum Gasteiger partial charge on any atom is -0.443 e. The van der Waals surface area contributed by atoms with Crippen LogP contribution in [0.4, 0.5) is 10.6 Å². The van der Waals surface area contributed by atoms with E-state index in [1.54, 1.807) is 11.1 Å². The fourth-order valence-corrected chi connectivity index (χ4v) is 4.68. The first kappa shape index (κ1) is 18.7. The van der Waals surface area contributed by atoms with Crippen LogP contribution in [0.2, 0.25) is 0 Å². The third-order valence-corrected chi connectivity index (χ3v) is 6.15. The molecular formula is C21H32N4O2. The zero-order valence-electron chi connectivity index (χ0n) is 16.7. The van der Waals surface area contributed by atoms with E-state index in [4.69, 9.17) is 10.5 Å². The van der Waals surface area contributed by atoms with E-state index in [1.807, 2.05) is 26.8 Å². The Morgan fingerprint density at radius 1 is 1.33 bits per heavy atom. The van der Waals surface area contributed by atoms with Crippen molar-refractivity contribution < 1.29 is 9.53 Å². The van der Waals surface area contributed by atoms with Gasteiger partial charge in [-0.15, -0.1) is 0 Å². The number of ether oxygens (including phenoxy) is 1. The van der Waals surface area contributed by atoms with Gasteiger partial charge in [0.2, 0.25) is 0 Å². The van der Waals surface area contributed by atoms with Crippen molar-refractivity contribution in [1.29, 1.82) is 0 Å². The summed E-state index contributed by atoms with van der Waals surface area (Å²) < 4.78 is 5.70. The average Bonchev–Trinajstić information content (AvgIpc) is 3.02. The van der Waals surface area contributed by atoms with E-state index in [9.17, 15) is 4.79 Å². The second-order valence-electron chi connectivity index (χ2n) is 9.34. The van der Waals surface area contributed by atoms with Crippen LogP contribution in [0.3, 0.4) is 0 Å². The number of nitrogens with two attached hydrogens (primary N) is 1. The molecule has 3 aliphatic rings. The minimum atomic E-state index is -0.511. The maximum absolute atomic E-state index is 12.9. The molecule has 1 amide bonds. The Hall–Kier alpha value is -1.66. The summed E-state index contributed by atoms with van der Waals surface area (Å²) in [5.41, 5.74) is 6.66. The number of carbonyl (C=O) groups excluding carboxylic acids is 1. The first-order chi connectivity index (χ1) is 12.8. The van der Waals surface area contributed by atoms with Crippen molar-refractivity contribution in [3.05, 3.63) is 23.9 Å². The van der Waals surface area contributed by atoms with Gasteiger partial charge >= 0.3 is 6.09 Å². The van der Waals surface area contributed by atoms with Crippen molar-refractivity contribution in [3.63, 3.8) is 0 Å². The van der Waals surface area contributed by atoms with Gasteiger partial charge in [0.05, 0.1) is 0 Å². The molecule has 1 aliphatic carbocycles. The molecule has 0 aromatic carbocycles. The molecule has 2 aliphatic heterocycles. The molecule has 0 radical (unpaired) electrons. The third-order valence-electron chi connectivity index (χ3n) is 6.15. The van der Waals surface area contributed by atoms with E-state index in [-0.39, 0.29) is 12.1 Å². The first-order valence-corrected chi connectivity index (χ1v) is 10.3. The molecule has 27 heavy (non-hydrogen) atoms. The zero-order chi connectivity index (χ0) is 19.2. The van der Waals surface area contributed by atoms with Crippen LogP contribution < -0.4 is 10.6 Å². The number of nitrogens with zero attached hydrogens (tertiary/aromatic N) is 3. The molecule has 6 heteroatoms. The highest BCUT2D eigenvalue weighted by Crippen LogP contribution is 2.43. The van der Waals surface area contributed by atoms with Crippen LogP contribution in [0.25, 0.3) is 0 Å². The Balaban J connectivity index is 1.40. The van der Waals surface area contributed by atoms with Crippen LogP contribution >= 0.6 is 0 Å². The summed E-state index contributed by atoms with van der Waals surface area (Å²) in [6, 6.07) is 4.61. The summed E-state index contributed by atoms with van der Waals surface area (Å²) in [6.45, 7) is 9.12. The fraction of sp³-hybridized carbons (Fsp3) is 0.714. The Labute approximate surface area is 162 Å². The van der Waals surface area contributed by atoms with Gasteiger partial charge in [-0.2, -0.15) is 0 Å². The molecule has 148 valence electrons. The van der Waals surface area contributed by atoms with Gasteiger partial charge in [-0.05, 0) is 76.5 Å². The summed E-state index contributed by atoms with van der Waals surface area (Å²) in [4.78, 5) is 21.8. The number of carbonyl (C=O) groups is 1. The second kappa shape index (κ2) is 7.06. The van der Waals surface area contributed by atoms with Gasteiger partial charge in [0.25, 0.3) is 0 Å². The molecule has 2 unspecified atom stereocenters. The number of hydrogen-bond donors (Lipinski definition) is 1. The van der Waals surface area contributed by atoms with Crippen LogP contribution in [0.1, 0.15) is 45.6 Å². The molecule has 1 aromatic heterocycles. The van der Waals surface area contributed by atoms with Crippen LogP contribution in [0.5, 0.6) is 0 Å². The molecule has 4 atom stereocenters. The van der Waals surface area contributed by atoms with Gasteiger partial charge in [-0.1, -0.05) is 6.07 Å². The number of aryl methyl sites for hydroxylation is 1. The Morgan fingerprint density at radius 3 is 2.78 bits per heavy atom. The Kier molecular flexibility index (Phi) is 4.89. The normalized spacial score (nSPS) is 30.0. The van der Waals surface area contributed by atoms with Gasteiger partial charge in [0.1, 0.15) is 11.4 Å². The Bertz CT molecular complexity index is 690. The minimum absolute atomic E-state index is 0.154. The van der Waals surface area contributed by atoms with E-state index >= 15 is 0 Å². The Morgan fingerprint density at radius 2 is 2.07 bits per heavy atom. The molecule has 0 bridgehead atoms. The summed E-state index contributed by atoms with van der Waals surface area (Å²) >= 11 is 0. The maximum atomic E-state index is 12.9. The molecule has 2 fully saturated rings. The smallest absolute Gasteiger partial charge is 0.416 e. The number of aromatic nitrogens is 1. The largest absolute Gasteiger partial charge is 0.443 e. The van der Waals surface area contributed by atoms with Gasteiger partial charge in [-0.25, -0.2) is 9.78 Å². The predicted molar refractivity (Wildman–Crippen MR) is 106 cm³/mol. The van der Waals surface area contributed by atoms with Crippen molar-refractivity contribution in [3.8, 4) is 0 Å². The quantitative estimate of drug-likeness (QED) is 0.880. The van der Waals surface area contributed by atoms with Gasteiger partial charge in [-0.3, -0.25) is 4.90 Å². The van der Waals surface area contributed by atoms with E-state index in [2.05, 4.69) is 16.0 Å². The van der Waals surface area contributed by atoms with Crippen molar-refractivity contribution in [2.75, 3.05) is 24.5 Å². The summed E-state index contributed by atoms with van der Waals surface area (Å²) in [6.07, 6.45) is 5.48.